The minimum Gasteiger partial charge on any atom is -0.497 e. The van der Waals surface area contributed by atoms with Crippen LogP contribution in [-0.4, -0.2) is 68.1 Å². The van der Waals surface area contributed by atoms with Gasteiger partial charge in [-0.05, 0) is 59.6 Å². The number of carbonyl (C=O) groups excluding carboxylic acids is 2. The van der Waals surface area contributed by atoms with Crippen molar-refractivity contribution in [1.82, 2.24) is 9.80 Å². The predicted octanol–water partition coefficient (Wildman–Crippen LogP) is 3.53. The van der Waals surface area contributed by atoms with Crippen LogP contribution >= 0.6 is 15.9 Å². The van der Waals surface area contributed by atoms with E-state index >= 15 is 0 Å². The van der Waals surface area contributed by atoms with Crippen LogP contribution in [0.25, 0.3) is 0 Å². The van der Waals surface area contributed by atoms with Crippen molar-refractivity contribution in [2.75, 3.05) is 40.4 Å². The number of carbonyl (C=O) groups is 2. The molecule has 166 valence electrons. The van der Waals surface area contributed by atoms with E-state index in [1.54, 1.807) is 42.0 Å². The summed E-state index contributed by atoms with van der Waals surface area (Å²) in [6.45, 7) is 5.53. The van der Waals surface area contributed by atoms with Crippen molar-refractivity contribution in [2.24, 2.45) is 0 Å². The fraction of sp³-hybridized carbons (Fsp3) is 0.391. The molecule has 1 heterocycles. The Kier molecular flexibility index (Phi) is 7.43. The SMILES string of the molecule is COc1ccc(C(=O)N2CCN(C(=O)C(C)Oc3ccc(C)cc3Br)CC2)c(OC)c1. The maximum atomic E-state index is 13.0. The maximum absolute atomic E-state index is 13.0. The molecule has 2 aromatic carbocycles. The number of nitrogens with zero attached hydrogens (tertiary/aromatic N) is 2. The predicted molar refractivity (Wildman–Crippen MR) is 121 cm³/mol. The highest BCUT2D eigenvalue weighted by Gasteiger charge is 2.29. The molecule has 1 aliphatic rings. The summed E-state index contributed by atoms with van der Waals surface area (Å²) in [6, 6.07) is 10.9. The molecule has 0 aliphatic carbocycles. The van der Waals surface area contributed by atoms with Crippen molar-refractivity contribution in [2.45, 2.75) is 20.0 Å². The van der Waals surface area contributed by atoms with Crippen LogP contribution in [0.15, 0.2) is 40.9 Å². The minimum atomic E-state index is -0.622. The molecule has 31 heavy (non-hydrogen) atoms. The molecular weight excluding hydrogens is 464 g/mol. The van der Waals surface area contributed by atoms with Crippen LogP contribution in [0, 0.1) is 6.92 Å². The van der Waals surface area contributed by atoms with Gasteiger partial charge < -0.3 is 24.0 Å². The first-order chi connectivity index (χ1) is 14.8. The molecule has 1 saturated heterocycles. The van der Waals surface area contributed by atoms with Crippen molar-refractivity contribution in [3.63, 3.8) is 0 Å². The topological polar surface area (TPSA) is 68.3 Å². The zero-order chi connectivity index (χ0) is 22.5. The average molecular weight is 491 g/mol. The smallest absolute Gasteiger partial charge is 0.263 e. The zero-order valence-electron chi connectivity index (χ0n) is 18.2. The summed E-state index contributed by atoms with van der Waals surface area (Å²) in [7, 11) is 3.09. The van der Waals surface area contributed by atoms with Gasteiger partial charge in [0.25, 0.3) is 11.8 Å². The van der Waals surface area contributed by atoms with Gasteiger partial charge in [0.15, 0.2) is 6.10 Å². The molecule has 0 spiro atoms. The summed E-state index contributed by atoms with van der Waals surface area (Å²) in [5, 5.41) is 0. The molecule has 2 aromatic rings. The van der Waals surface area contributed by atoms with Crippen molar-refractivity contribution in [3.8, 4) is 17.2 Å². The molecule has 0 N–H and O–H groups in total. The van der Waals surface area contributed by atoms with E-state index in [0.29, 0.717) is 49.0 Å². The second-order valence-electron chi connectivity index (χ2n) is 7.38. The molecule has 0 saturated carbocycles. The second kappa shape index (κ2) is 10.0. The molecule has 3 rings (SSSR count). The molecule has 0 bridgehead atoms. The van der Waals surface area contributed by atoms with E-state index in [1.165, 1.54) is 7.11 Å². The highest BCUT2D eigenvalue weighted by Crippen LogP contribution is 2.28. The summed E-state index contributed by atoms with van der Waals surface area (Å²) in [6.07, 6.45) is -0.622. The molecular formula is C23H27BrN2O5. The number of halogens is 1. The van der Waals surface area contributed by atoms with Crippen LogP contribution in [0.1, 0.15) is 22.8 Å². The van der Waals surface area contributed by atoms with E-state index in [4.69, 9.17) is 14.2 Å². The molecule has 2 amide bonds. The van der Waals surface area contributed by atoms with Crippen molar-refractivity contribution in [3.05, 3.63) is 52.0 Å². The van der Waals surface area contributed by atoms with Gasteiger partial charge in [-0.1, -0.05) is 6.07 Å². The quantitative estimate of drug-likeness (QED) is 0.619. The number of hydrogen-bond acceptors (Lipinski definition) is 5. The molecule has 1 atom stereocenters. The first kappa shape index (κ1) is 22.9. The van der Waals surface area contributed by atoms with E-state index in [1.807, 2.05) is 25.1 Å². The fourth-order valence-corrected chi connectivity index (χ4v) is 4.06. The van der Waals surface area contributed by atoms with Crippen molar-refractivity contribution in [1.29, 1.82) is 0 Å². The largest absolute Gasteiger partial charge is 0.497 e. The van der Waals surface area contributed by atoms with Gasteiger partial charge in [-0.25, -0.2) is 0 Å². The Morgan fingerprint density at radius 2 is 1.61 bits per heavy atom. The lowest BCUT2D eigenvalue weighted by Crippen LogP contribution is -2.53. The minimum absolute atomic E-state index is 0.0957. The standard InChI is InChI=1S/C23H27BrN2O5/c1-15-5-8-20(19(24)13-15)31-16(2)22(27)25-9-11-26(12-10-25)23(28)18-7-6-17(29-3)14-21(18)30-4/h5-8,13-14,16H,9-12H2,1-4H3. The third-order valence-corrected chi connectivity index (χ3v) is 5.88. The normalized spacial score (nSPS) is 14.7. The van der Waals surface area contributed by atoms with Gasteiger partial charge in [-0.2, -0.15) is 0 Å². The van der Waals surface area contributed by atoms with Crippen LogP contribution < -0.4 is 14.2 Å². The Balaban J connectivity index is 1.59. The first-order valence-corrected chi connectivity index (χ1v) is 10.9. The zero-order valence-corrected chi connectivity index (χ0v) is 19.8. The van der Waals surface area contributed by atoms with Gasteiger partial charge in [0, 0.05) is 32.2 Å². The summed E-state index contributed by atoms with van der Waals surface area (Å²) < 4.78 is 17.2. The van der Waals surface area contributed by atoms with Gasteiger partial charge in [0.05, 0.1) is 24.3 Å². The third-order valence-electron chi connectivity index (χ3n) is 5.26. The Bertz CT molecular complexity index is 957. The summed E-state index contributed by atoms with van der Waals surface area (Å²) in [5.74, 6) is 1.50. The van der Waals surface area contributed by atoms with E-state index in [0.717, 1.165) is 10.0 Å². The molecule has 0 aromatic heterocycles. The van der Waals surface area contributed by atoms with Gasteiger partial charge in [0.2, 0.25) is 0 Å². The number of methoxy groups -OCH3 is 2. The number of amides is 2. The number of ether oxygens (including phenoxy) is 3. The van der Waals surface area contributed by atoms with Crippen molar-refractivity contribution >= 4 is 27.7 Å². The van der Waals surface area contributed by atoms with Crippen molar-refractivity contribution < 1.29 is 23.8 Å². The van der Waals surface area contributed by atoms with E-state index in [2.05, 4.69) is 15.9 Å². The van der Waals surface area contributed by atoms with Crippen LogP contribution in [0.5, 0.6) is 17.2 Å². The van der Waals surface area contributed by atoms with E-state index < -0.39 is 6.10 Å². The Hall–Kier alpha value is -2.74. The third kappa shape index (κ3) is 5.31. The molecule has 1 fully saturated rings. The Labute approximate surface area is 191 Å². The highest BCUT2D eigenvalue weighted by atomic mass is 79.9. The van der Waals surface area contributed by atoms with Crippen LogP contribution in [0.2, 0.25) is 0 Å². The van der Waals surface area contributed by atoms with Gasteiger partial charge in [-0.15, -0.1) is 0 Å². The average Bonchev–Trinajstić information content (AvgIpc) is 2.79. The molecule has 8 heteroatoms. The number of hydrogen-bond donors (Lipinski definition) is 0. The fourth-order valence-electron chi connectivity index (χ4n) is 3.47. The van der Waals surface area contributed by atoms with E-state index in [-0.39, 0.29) is 11.8 Å². The van der Waals surface area contributed by atoms with Gasteiger partial charge in [0.1, 0.15) is 17.2 Å². The van der Waals surface area contributed by atoms with E-state index in [9.17, 15) is 9.59 Å². The lowest BCUT2D eigenvalue weighted by Gasteiger charge is -2.36. The Morgan fingerprint density at radius 3 is 2.23 bits per heavy atom. The maximum Gasteiger partial charge on any atom is 0.263 e. The van der Waals surface area contributed by atoms with Crippen LogP contribution in [0.4, 0.5) is 0 Å². The summed E-state index contributed by atoms with van der Waals surface area (Å²) >= 11 is 3.48. The van der Waals surface area contributed by atoms with Crippen LogP contribution in [0.3, 0.4) is 0 Å². The highest BCUT2D eigenvalue weighted by molar-refractivity contribution is 9.10. The second-order valence-corrected chi connectivity index (χ2v) is 8.23. The lowest BCUT2D eigenvalue weighted by atomic mass is 10.1. The van der Waals surface area contributed by atoms with Crippen LogP contribution in [-0.2, 0) is 4.79 Å². The lowest BCUT2D eigenvalue weighted by molar-refractivity contribution is -0.139. The Morgan fingerprint density at radius 1 is 0.935 bits per heavy atom. The number of aryl methyl sites for hydroxylation is 1. The summed E-state index contributed by atoms with van der Waals surface area (Å²) in [4.78, 5) is 29.3. The number of piperazine rings is 1. The monoisotopic (exact) mass is 490 g/mol. The summed E-state index contributed by atoms with van der Waals surface area (Å²) in [5.41, 5.74) is 1.58. The molecule has 1 aliphatic heterocycles. The molecule has 7 nitrogen and oxygen atoms in total. The number of rotatable bonds is 6. The van der Waals surface area contributed by atoms with Gasteiger partial charge >= 0.3 is 0 Å². The molecule has 0 radical (unpaired) electrons. The molecule has 1 unspecified atom stereocenters. The van der Waals surface area contributed by atoms with Gasteiger partial charge in [-0.3, -0.25) is 9.59 Å². The first-order valence-electron chi connectivity index (χ1n) is 10.1. The number of benzene rings is 2.